The van der Waals surface area contributed by atoms with Crippen LogP contribution in [0.1, 0.15) is 34.0 Å². The smallest absolute Gasteiger partial charge is 0.271 e. The van der Waals surface area contributed by atoms with E-state index in [-0.39, 0.29) is 5.91 Å². The molecule has 1 N–H and O–H groups in total. The van der Waals surface area contributed by atoms with Gasteiger partial charge in [-0.3, -0.25) is 4.79 Å². The Morgan fingerprint density at radius 3 is 2.62 bits per heavy atom. The predicted molar refractivity (Wildman–Crippen MR) is 125 cm³/mol. The number of carbonyl (C=O) groups is 1. The molecule has 1 amide bonds. The molecule has 3 aromatic carbocycles. The molecule has 0 aliphatic heterocycles. The van der Waals surface area contributed by atoms with Crippen LogP contribution < -0.4 is 10.2 Å². The normalized spacial score (nSPS) is 10.9. The summed E-state index contributed by atoms with van der Waals surface area (Å²) in [6.07, 6.45) is 3.62. The average molecular weight is 422 g/mol. The van der Waals surface area contributed by atoms with E-state index in [1.807, 2.05) is 61.7 Å². The molecular formula is C26H22N4O2. The first-order valence-electron chi connectivity index (χ1n) is 10.3. The maximum absolute atomic E-state index is 12.4. The zero-order chi connectivity index (χ0) is 22.3. The number of aromatic nitrogens is 1. The van der Waals surface area contributed by atoms with Crippen LogP contribution in [0.15, 0.2) is 84.1 Å². The van der Waals surface area contributed by atoms with Crippen molar-refractivity contribution < 1.29 is 9.53 Å². The molecule has 6 heteroatoms. The van der Waals surface area contributed by atoms with E-state index >= 15 is 0 Å². The highest BCUT2D eigenvalue weighted by atomic mass is 16.5. The molecule has 4 aromatic rings. The largest absolute Gasteiger partial charge is 0.494 e. The van der Waals surface area contributed by atoms with Gasteiger partial charge in [0.05, 0.1) is 24.5 Å². The summed E-state index contributed by atoms with van der Waals surface area (Å²) in [5.41, 5.74) is 6.59. The molecule has 0 saturated heterocycles. The Morgan fingerprint density at radius 2 is 1.84 bits per heavy atom. The SMILES string of the molecule is CCOc1ccc(C(=O)N/N=C/c2cn(Cc3ccccc3C#N)c3ccccc23)cc1. The molecule has 32 heavy (non-hydrogen) atoms. The van der Waals surface area contributed by atoms with Crippen molar-refractivity contribution in [1.82, 2.24) is 9.99 Å². The number of nitrogens with zero attached hydrogens (tertiary/aromatic N) is 3. The number of rotatable bonds is 7. The van der Waals surface area contributed by atoms with Gasteiger partial charge in [-0.15, -0.1) is 0 Å². The zero-order valence-electron chi connectivity index (χ0n) is 17.7. The van der Waals surface area contributed by atoms with Gasteiger partial charge < -0.3 is 9.30 Å². The Balaban J connectivity index is 1.54. The molecule has 6 nitrogen and oxygen atoms in total. The average Bonchev–Trinajstić information content (AvgIpc) is 3.17. The summed E-state index contributed by atoms with van der Waals surface area (Å²) in [6, 6.07) is 24.7. The maximum Gasteiger partial charge on any atom is 0.271 e. The van der Waals surface area contributed by atoms with Crippen molar-refractivity contribution in [2.75, 3.05) is 6.61 Å². The molecule has 0 unspecified atom stereocenters. The molecule has 4 rings (SSSR count). The second-order valence-corrected chi connectivity index (χ2v) is 7.15. The third kappa shape index (κ3) is 4.52. The van der Waals surface area contributed by atoms with Crippen LogP contribution in [-0.2, 0) is 6.54 Å². The lowest BCUT2D eigenvalue weighted by atomic mass is 10.1. The van der Waals surface area contributed by atoms with Gasteiger partial charge in [-0.1, -0.05) is 36.4 Å². The first-order valence-corrected chi connectivity index (χ1v) is 10.3. The van der Waals surface area contributed by atoms with Gasteiger partial charge in [-0.25, -0.2) is 5.43 Å². The molecule has 0 fully saturated rings. The third-order valence-corrected chi connectivity index (χ3v) is 5.10. The monoisotopic (exact) mass is 422 g/mol. The number of ether oxygens (including phenoxy) is 1. The molecule has 1 aromatic heterocycles. The summed E-state index contributed by atoms with van der Waals surface area (Å²) in [5, 5.41) is 14.6. The molecule has 0 radical (unpaired) electrons. The second-order valence-electron chi connectivity index (χ2n) is 7.15. The third-order valence-electron chi connectivity index (χ3n) is 5.10. The molecule has 0 aliphatic rings. The van der Waals surface area contributed by atoms with Crippen molar-refractivity contribution in [3.8, 4) is 11.8 Å². The van der Waals surface area contributed by atoms with E-state index in [2.05, 4.69) is 21.2 Å². The van der Waals surface area contributed by atoms with Crippen LogP contribution in [0, 0.1) is 11.3 Å². The maximum atomic E-state index is 12.4. The Hall–Kier alpha value is -4.37. The molecule has 0 aliphatic carbocycles. The van der Waals surface area contributed by atoms with E-state index < -0.39 is 0 Å². The first kappa shape index (κ1) is 20.9. The van der Waals surface area contributed by atoms with Gasteiger partial charge in [0.25, 0.3) is 5.91 Å². The zero-order valence-corrected chi connectivity index (χ0v) is 17.7. The number of carbonyl (C=O) groups excluding carboxylic acids is 1. The lowest BCUT2D eigenvalue weighted by Crippen LogP contribution is -2.17. The van der Waals surface area contributed by atoms with Gasteiger partial charge in [-0.05, 0) is 48.9 Å². The predicted octanol–water partition coefficient (Wildman–Crippen LogP) is 4.72. The lowest BCUT2D eigenvalue weighted by Gasteiger charge is -2.07. The number of amides is 1. The summed E-state index contributed by atoms with van der Waals surface area (Å²) in [5.74, 6) is 0.425. The van der Waals surface area contributed by atoms with Crippen molar-refractivity contribution in [2.45, 2.75) is 13.5 Å². The molecule has 0 saturated carbocycles. The van der Waals surface area contributed by atoms with E-state index in [1.165, 1.54) is 0 Å². The van der Waals surface area contributed by atoms with Crippen LogP contribution >= 0.6 is 0 Å². The minimum atomic E-state index is -0.295. The number of fused-ring (bicyclic) bond motifs is 1. The lowest BCUT2D eigenvalue weighted by molar-refractivity contribution is 0.0955. The minimum Gasteiger partial charge on any atom is -0.494 e. The number of nitrogens with one attached hydrogen (secondary N) is 1. The van der Waals surface area contributed by atoms with Gasteiger partial charge in [0.1, 0.15) is 5.75 Å². The van der Waals surface area contributed by atoms with E-state index in [4.69, 9.17) is 4.74 Å². The van der Waals surface area contributed by atoms with Crippen LogP contribution in [0.25, 0.3) is 10.9 Å². The highest BCUT2D eigenvalue weighted by molar-refractivity contribution is 6.00. The van der Waals surface area contributed by atoms with Crippen molar-refractivity contribution in [2.24, 2.45) is 5.10 Å². The van der Waals surface area contributed by atoms with Crippen LogP contribution in [0.3, 0.4) is 0 Å². The quantitative estimate of drug-likeness (QED) is 0.346. The van der Waals surface area contributed by atoms with Crippen LogP contribution in [-0.4, -0.2) is 23.3 Å². The summed E-state index contributed by atoms with van der Waals surface area (Å²) < 4.78 is 7.48. The molecule has 1 heterocycles. The van der Waals surface area contributed by atoms with Gasteiger partial charge >= 0.3 is 0 Å². The summed E-state index contributed by atoms with van der Waals surface area (Å²) >= 11 is 0. The van der Waals surface area contributed by atoms with Gasteiger partial charge in [-0.2, -0.15) is 10.4 Å². The first-order chi connectivity index (χ1) is 15.7. The molecular weight excluding hydrogens is 400 g/mol. The number of hydrogen-bond acceptors (Lipinski definition) is 4. The Morgan fingerprint density at radius 1 is 1.09 bits per heavy atom. The summed E-state index contributed by atoms with van der Waals surface area (Å²) in [7, 11) is 0. The molecule has 0 atom stereocenters. The molecule has 0 spiro atoms. The standard InChI is InChI=1S/C26H22N4O2/c1-2-32-23-13-11-19(12-14-23)26(31)29-28-16-22-18-30(25-10-6-5-9-24(22)25)17-21-8-4-3-7-20(21)15-27/h3-14,16,18H,2,17H2,1H3,(H,29,31)/b28-16+. The van der Waals surface area contributed by atoms with Gasteiger partial charge in [0, 0.05) is 34.8 Å². The van der Waals surface area contributed by atoms with E-state index in [1.54, 1.807) is 30.5 Å². The number of hydrogen-bond donors (Lipinski definition) is 1. The van der Waals surface area contributed by atoms with Crippen molar-refractivity contribution in [3.63, 3.8) is 0 Å². The Labute approximate surface area is 186 Å². The van der Waals surface area contributed by atoms with Crippen LogP contribution in [0.4, 0.5) is 0 Å². The minimum absolute atomic E-state index is 0.295. The van der Waals surface area contributed by atoms with Crippen molar-refractivity contribution in [3.05, 3.63) is 101 Å². The van der Waals surface area contributed by atoms with Crippen LogP contribution in [0.5, 0.6) is 5.75 Å². The fourth-order valence-corrected chi connectivity index (χ4v) is 3.55. The summed E-state index contributed by atoms with van der Waals surface area (Å²) in [4.78, 5) is 12.4. The van der Waals surface area contributed by atoms with Crippen molar-refractivity contribution >= 4 is 23.0 Å². The number of benzene rings is 3. The van der Waals surface area contributed by atoms with Gasteiger partial charge in [0.15, 0.2) is 0 Å². The van der Waals surface area contributed by atoms with E-state index in [0.29, 0.717) is 24.3 Å². The topological polar surface area (TPSA) is 79.4 Å². The fraction of sp³-hybridized carbons (Fsp3) is 0.115. The Bertz CT molecular complexity index is 1310. The molecule has 158 valence electrons. The molecule has 0 bridgehead atoms. The number of nitriles is 1. The highest BCUT2D eigenvalue weighted by Gasteiger charge is 2.10. The number of hydrazone groups is 1. The highest BCUT2D eigenvalue weighted by Crippen LogP contribution is 2.22. The van der Waals surface area contributed by atoms with E-state index in [0.717, 1.165) is 27.8 Å². The van der Waals surface area contributed by atoms with Crippen LogP contribution in [0.2, 0.25) is 0 Å². The summed E-state index contributed by atoms with van der Waals surface area (Å²) in [6.45, 7) is 3.05. The fourth-order valence-electron chi connectivity index (χ4n) is 3.55. The second kappa shape index (κ2) is 9.63. The number of para-hydroxylation sites is 1. The van der Waals surface area contributed by atoms with Crippen molar-refractivity contribution in [1.29, 1.82) is 5.26 Å². The van der Waals surface area contributed by atoms with Gasteiger partial charge in [0.2, 0.25) is 0 Å². The Kier molecular flexibility index (Phi) is 6.28. The van der Waals surface area contributed by atoms with E-state index in [9.17, 15) is 10.1 Å².